The van der Waals surface area contributed by atoms with Crippen LogP contribution in [0.15, 0.2) is 47.4 Å². The molecule has 0 aromatic heterocycles. The highest BCUT2D eigenvalue weighted by Crippen LogP contribution is 2.33. The normalized spacial score (nSPS) is 14.8. The van der Waals surface area contributed by atoms with E-state index >= 15 is 0 Å². The topological polar surface area (TPSA) is 119 Å². The molecule has 9 heteroatoms. The molecule has 0 bridgehead atoms. The van der Waals surface area contributed by atoms with Crippen LogP contribution in [0.4, 0.5) is 10.5 Å². The molecule has 0 aliphatic carbocycles. The number of amides is 4. The summed E-state index contributed by atoms with van der Waals surface area (Å²) in [7, 11) is 0. The number of carbonyl (C=O) groups excluding carboxylic acids is 4. The molecule has 1 saturated heterocycles. The predicted octanol–water partition coefficient (Wildman–Crippen LogP) is 2.84. The van der Waals surface area contributed by atoms with Gasteiger partial charge in [-0.25, -0.2) is 0 Å². The Morgan fingerprint density at radius 3 is 2.58 bits per heavy atom. The number of carbonyl (C=O) groups is 4. The van der Waals surface area contributed by atoms with Crippen molar-refractivity contribution in [2.24, 2.45) is 5.73 Å². The van der Waals surface area contributed by atoms with Crippen molar-refractivity contribution in [1.29, 1.82) is 0 Å². The van der Waals surface area contributed by atoms with Crippen LogP contribution in [0, 0.1) is 13.8 Å². The Hall–Kier alpha value is -3.59. The number of benzene rings is 2. The molecule has 0 unspecified atom stereocenters. The van der Waals surface area contributed by atoms with Gasteiger partial charge in [-0.3, -0.25) is 24.1 Å². The predicted molar refractivity (Wildman–Crippen MR) is 118 cm³/mol. The van der Waals surface area contributed by atoms with Gasteiger partial charge in [-0.2, -0.15) is 0 Å². The average molecular weight is 439 g/mol. The SMILES string of the molecule is Cc1ccc(NC(=O)CN2C(=O)S/C(=C/c3ccccc3OCC(N)=O)C2=O)cc1C. The molecule has 4 amide bonds. The van der Waals surface area contributed by atoms with Gasteiger partial charge in [0.05, 0.1) is 4.91 Å². The van der Waals surface area contributed by atoms with Gasteiger partial charge in [0.25, 0.3) is 17.1 Å². The number of hydrogen-bond acceptors (Lipinski definition) is 6. The number of anilines is 1. The first-order chi connectivity index (χ1) is 14.7. The average Bonchev–Trinajstić information content (AvgIpc) is 2.97. The van der Waals surface area contributed by atoms with E-state index in [0.717, 1.165) is 27.8 Å². The van der Waals surface area contributed by atoms with Crippen molar-refractivity contribution >= 4 is 46.5 Å². The van der Waals surface area contributed by atoms with Gasteiger partial charge in [-0.1, -0.05) is 24.3 Å². The van der Waals surface area contributed by atoms with E-state index in [9.17, 15) is 19.2 Å². The van der Waals surface area contributed by atoms with Crippen LogP contribution in [0.1, 0.15) is 16.7 Å². The number of primary amides is 1. The minimum atomic E-state index is -0.634. The summed E-state index contributed by atoms with van der Waals surface area (Å²) in [5.74, 6) is -1.34. The lowest BCUT2D eigenvalue weighted by molar-refractivity contribution is -0.127. The maximum atomic E-state index is 12.7. The standard InChI is InChI=1S/C22H21N3O5S/c1-13-7-8-16(9-14(13)2)24-20(27)11-25-21(28)18(31-22(25)29)10-15-5-3-4-6-17(15)30-12-19(23)26/h3-10H,11-12H2,1-2H3,(H2,23,26)(H,24,27)/b18-10+. The summed E-state index contributed by atoms with van der Waals surface area (Å²) >= 11 is 0.734. The first-order valence-corrected chi connectivity index (χ1v) is 10.2. The van der Waals surface area contributed by atoms with Gasteiger partial charge in [0.1, 0.15) is 12.3 Å². The van der Waals surface area contributed by atoms with E-state index < -0.39 is 29.5 Å². The van der Waals surface area contributed by atoms with Crippen LogP contribution < -0.4 is 15.8 Å². The summed E-state index contributed by atoms with van der Waals surface area (Å²) in [5.41, 5.74) is 8.31. The fraction of sp³-hybridized carbons (Fsp3) is 0.182. The van der Waals surface area contributed by atoms with E-state index in [4.69, 9.17) is 10.5 Å². The fourth-order valence-electron chi connectivity index (χ4n) is 2.82. The maximum absolute atomic E-state index is 12.7. The number of para-hydroxylation sites is 1. The molecule has 1 fully saturated rings. The molecular formula is C22H21N3O5S. The Bertz CT molecular complexity index is 1100. The zero-order valence-corrected chi connectivity index (χ0v) is 17.8. The fourth-order valence-corrected chi connectivity index (χ4v) is 3.65. The van der Waals surface area contributed by atoms with Gasteiger partial charge in [0, 0.05) is 11.3 Å². The highest BCUT2D eigenvalue weighted by atomic mass is 32.2. The number of thioether (sulfide) groups is 1. The van der Waals surface area contributed by atoms with Gasteiger partial charge < -0.3 is 15.8 Å². The van der Waals surface area contributed by atoms with Crippen LogP contribution in [0.3, 0.4) is 0 Å². The lowest BCUT2D eigenvalue weighted by Crippen LogP contribution is -2.36. The molecule has 2 aromatic carbocycles. The Labute approximate surface area is 183 Å². The number of imide groups is 1. The molecule has 0 saturated carbocycles. The van der Waals surface area contributed by atoms with Crippen molar-refractivity contribution in [2.45, 2.75) is 13.8 Å². The third kappa shape index (κ3) is 5.52. The summed E-state index contributed by atoms with van der Waals surface area (Å²) in [6.07, 6.45) is 1.49. The van der Waals surface area contributed by atoms with Crippen molar-refractivity contribution in [3.8, 4) is 5.75 Å². The number of nitrogens with zero attached hydrogens (tertiary/aromatic N) is 1. The summed E-state index contributed by atoms with van der Waals surface area (Å²) in [5, 5.41) is 2.16. The van der Waals surface area contributed by atoms with E-state index in [2.05, 4.69) is 5.32 Å². The molecule has 8 nitrogen and oxygen atoms in total. The lowest BCUT2D eigenvalue weighted by Gasteiger charge is -2.13. The number of rotatable bonds is 7. The zero-order valence-electron chi connectivity index (χ0n) is 17.0. The third-order valence-electron chi connectivity index (χ3n) is 4.54. The summed E-state index contributed by atoms with van der Waals surface area (Å²) in [6, 6.07) is 12.2. The molecule has 1 heterocycles. The Balaban J connectivity index is 1.71. The van der Waals surface area contributed by atoms with Crippen molar-refractivity contribution in [1.82, 2.24) is 4.90 Å². The van der Waals surface area contributed by atoms with Gasteiger partial charge >= 0.3 is 0 Å². The quantitative estimate of drug-likeness (QED) is 0.641. The van der Waals surface area contributed by atoms with Crippen LogP contribution in [-0.2, 0) is 14.4 Å². The second kappa shape index (κ2) is 9.48. The van der Waals surface area contributed by atoms with Crippen LogP contribution >= 0.6 is 11.8 Å². The molecule has 3 N–H and O–H groups in total. The molecule has 1 aliphatic rings. The first kappa shape index (κ1) is 22.1. The number of nitrogens with two attached hydrogens (primary N) is 1. The smallest absolute Gasteiger partial charge is 0.294 e. The Morgan fingerprint density at radius 2 is 1.87 bits per heavy atom. The van der Waals surface area contributed by atoms with Gasteiger partial charge in [-0.05, 0) is 61.0 Å². The summed E-state index contributed by atoms with van der Waals surface area (Å²) < 4.78 is 5.34. The van der Waals surface area contributed by atoms with E-state index in [0.29, 0.717) is 17.0 Å². The van der Waals surface area contributed by atoms with Crippen LogP contribution in [0.2, 0.25) is 0 Å². The summed E-state index contributed by atoms with van der Waals surface area (Å²) in [4.78, 5) is 49.4. The number of ether oxygens (including phenoxy) is 1. The highest BCUT2D eigenvalue weighted by molar-refractivity contribution is 8.18. The maximum Gasteiger partial charge on any atom is 0.294 e. The minimum absolute atomic E-state index is 0.152. The second-order valence-corrected chi connectivity index (χ2v) is 7.90. The monoisotopic (exact) mass is 439 g/mol. The molecule has 1 aliphatic heterocycles. The molecule has 0 radical (unpaired) electrons. The van der Waals surface area contributed by atoms with Gasteiger partial charge in [0.15, 0.2) is 6.61 Å². The number of hydrogen-bond donors (Lipinski definition) is 2. The third-order valence-corrected chi connectivity index (χ3v) is 5.45. The van der Waals surface area contributed by atoms with Crippen LogP contribution in [0.25, 0.3) is 6.08 Å². The molecule has 160 valence electrons. The van der Waals surface area contributed by atoms with E-state index in [1.165, 1.54) is 6.08 Å². The van der Waals surface area contributed by atoms with Crippen molar-refractivity contribution in [2.75, 3.05) is 18.5 Å². The van der Waals surface area contributed by atoms with E-state index in [1.54, 1.807) is 30.3 Å². The molecule has 0 spiro atoms. The van der Waals surface area contributed by atoms with E-state index in [-0.39, 0.29) is 11.5 Å². The van der Waals surface area contributed by atoms with Crippen molar-refractivity contribution in [3.05, 3.63) is 64.1 Å². The largest absolute Gasteiger partial charge is 0.483 e. The number of nitrogens with one attached hydrogen (secondary N) is 1. The summed E-state index contributed by atoms with van der Waals surface area (Å²) in [6.45, 7) is 3.18. The van der Waals surface area contributed by atoms with Crippen LogP contribution in [-0.4, -0.2) is 41.0 Å². The Kier molecular flexibility index (Phi) is 6.76. The second-order valence-electron chi connectivity index (χ2n) is 6.91. The zero-order chi connectivity index (χ0) is 22.5. The molecule has 3 rings (SSSR count). The highest BCUT2D eigenvalue weighted by Gasteiger charge is 2.36. The van der Waals surface area contributed by atoms with Crippen LogP contribution in [0.5, 0.6) is 5.75 Å². The first-order valence-electron chi connectivity index (χ1n) is 9.37. The number of aryl methyl sites for hydroxylation is 2. The molecular weight excluding hydrogens is 418 g/mol. The molecule has 0 atom stereocenters. The van der Waals surface area contributed by atoms with E-state index in [1.807, 2.05) is 26.0 Å². The molecule has 2 aromatic rings. The minimum Gasteiger partial charge on any atom is -0.483 e. The van der Waals surface area contributed by atoms with Crippen molar-refractivity contribution < 1.29 is 23.9 Å². The van der Waals surface area contributed by atoms with Gasteiger partial charge in [0.2, 0.25) is 5.91 Å². The van der Waals surface area contributed by atoms with Gasteiger partial charge in [-0.15, -0.1) is 0 Å². The lowest BCUT2D eigenvalue weighted by atomic mass is 10.1. The van der Waals surface area contributed by atoms with Crippen molar-refractivity contribution in [3.63, 3.8) is 0 Å². The Morgan fingerprint density at radius 1 is 1.13 bits per heavy atom. The molecule has 31 heavy (non-hydrogen) atoms.